The van der Waals surface area contributed by atoms with Gasteiger partial charge in [-0.2, -0.15) is 0 Å². The zero-order valence-corrected chi connectivity index (χ0v) is 13.7. The van der Waals surface area contributed by atoms with Crippen LogP contribution in [-0.4, -0.2) is 64.0 Å². The second-order valence-electron chi connectivity index (χ2n) is 7.17. The molecule has 0 unspecified atom stereocenters. The van der Waals surface area contributed by atoms with Crippen LogP contribution in [0.5, 0.6) is 0 Å². The van der Waals surface area contributed by atoms with E-state index in [1.807, 2.05) is 18.5 Å². The molecule has 1 saturated carbocycles. The number of hydrogen-bond acceptors (Lipinski definition) is 3. The Morgan fingerprint density at radius 1 is 1.04 bits per heavy atom. The molecule has 3 aliphatic rings. The van der Waals surface area contributed by atoms with Crippen molar-refractivity contribution in [3.8, 4) is 0 Å². The van der Waals surface area contributed by atoms with Crippen LogP contribution in [0.3, 0.4) is 0 Å². The number of rotatable bonds is 3. The molecule has 1 aromatic rings. The molecule has 0 spiro atoms. The standard InChI is InChI=1S/C18H26N4O/c23-18-21-10-9-20(12-15-5-4-8-19-11-15)13-17(21)14-22(18)16-6-2-1-3-7-16/h4-5,8,11,16-17H,1-3,6-7,9-10,12-14H2/t17-/m1/s1. The minimum Gasteiger partial charge on any atom is -0.320 e. The van der Waals surface area contributed by atoms with Crippen LogP contribution in [0.2, 0.25) is 0 Å². The van der Waals surface area contributed by atoms with Gasteiger partial charge in [-0.3, -0.25) is 9.88 Å². The molecule has 3 heterocycles. The molecule has 23 heavy (non-hydrogen) atoms. The number of carbonyl (C=O) groups excluding carboxylic acids is 1. The minimum atomic E-state index is 0.294. The quantitative estimate of drug-likeness (QED) is 0.860. The fourth-order valence-electron chi connectivity index (χ4n) is 4.39. The van der Waals surface area contributed by atoms with Crippen molar-refractivity contribution in [2.24, 2.45) is 0 Å². The Kier molecular flexibility index (Phi) is 4.21. The molecule has 0 radical (unpaired) electrons. The monoisotopic (exact) mass is 314 g/mol. The smallest absolute Gasteiger partial charge is 0.320 e. The summed E-state index contributed by atoms with van der Waals surface area (Å²) in [5.74, 6) is 0. The zero-order chi connectivity index (χ0) is 15.6. The summed E-state index contributed by atoms with van der Waals surface area (Å²) in [6.45, 7) is 4.69. The van der Waals surface area contributed by atoms with Gasteiger partial charge in [0.25, 0.3) is 0 Å². The van der Waals surface area contributed by atoms with Gasteiger partial charge in [0.2, 0.25) is 0 Å². The van der Waals surface area contributed by atoms with E-state index in [4.69, 9.17) is 0 Å². The lowest BCUT2D eigenvalue weighted by molar-refractivity contribution is 0.116. The van der Waals surface area contributed by atoms with Crippen LogP contribution < -0.4 is 0 Å². The van der Waals surface area contributed by atoms with Gasteiger partial charge in [-0.1, -0.05) is 25.3 Å². The van der Waals surface area contributed by atoms with Crippen LogP contribution in [0.1, 0.15) is 37.7 Å². The lowest BCUT2D eigenvalue weighted by Gasteiger charge is -2.36. The zero-order valence-electron chi connectivity index (χ0n) is 13.7. The van der Waals surface area contributed by atoms with Gasteiger partial charge in [-0.05, 0) is 24.5 Å². The second kappa shape index (κ2) is 6.48. The normalized spacial score (nSPS) is 26.6. The molecule has 0 N–H and O–H groups in total. The third-order valence-corrected chi connectivity index (χ3v) is 5.61. The Morgan fingerprint density at radius 3 is 2.70 bits per heavy atom. The molecule has 2 saturated heterocycles. The first kappa shape index (κ1) is 14.9. The topological polar surface area (TPSA) is 39.7 Å². The molecule has 1 aliphatic carbocycles. The van der Waals surface area contributed by atoms with Crippen molar-refractivity contribution in [2.45, 2.75) is 50.7 Å². The van der Waals surface area contributed by atoms with Crippen molar-refractivity contribution < 1.29 is 4.79 Å². The van der Waals surface area contributed by atoms with E-state index in [1.54, 1.807) is 0 Å². The molecule has 4 rings (SSSR count). The third kappa shape index (κ3) is 3.07. The summed E-state index contributed by atoms with van der Waals surface area (Å²) < 4.78 is 0. The van der Waals surface area contributed by atoms with Crippen LogP contribution in [0, 0.1) is 0 Å². The van der Waals surface area contributed by atoms with Crippen molar-refractivity contribution >= 4 is 6.03 Å². The van der Waals surface area contributed by atoms with Gasteiger partial charge < -0.3 is 9.80 Å². The number of amides is 2. The minimum absolute atomic E-state index is 0.294. The van der Waals surface area contributed by atoms with Crippen LogP contribution in [0.25, 0.3) is 0 Å². The highest BCUT2D eigenvalue weighted by atomic mass is 16.2. The fraction of sp³-hybridized carbons (Fsp3) is 0.667. The van der Waals surface area contributed by atoms with E-state index < -0.39 is 0 Å². The van der Waals surface area contributed by atoms with E-state index in [0.29, 0.717) is 18.1 Å². The van der Waals surface area contributed by atoms with Crippen LogP contribution >= 0.6 is 0 Å². The van der Waals surface area contributed by atoms with Gasteiger partial charge in [0.05, 0.1) is 6.04 Å². The Bertz CT molecular complexity index is 543. The van der Waals surface area contributed by atoms with Crippen LogP contribution in [0.15, 0.2) is 24.5 Å². The van der Waals surface area contributed by atoms with Gasteiger partial charge in [-0.15, -0.1) is 0 Å². The summed E-state index contributed by atoms with van der Waals surface area (Å²) >= 11 is 0. The summed E-state index contributed by atoms with van der Waals surface area (Å²) in [7, 11) is 0. The average molecular weight is 314 g/mol. The predicted octanol–water partition coefficient (Wildman–Crippen LogP) is 2.34. The van der Waals surface area contributed by atoms with Gasteiger partial charge in [0.1, 0.15) is 0 Å². The number of aromatic nitrogens is 1. The van der Waals surface area contributed by atoms with E-state index in [1.165, 1.54) is 37.7 Å². The molecule has 1 atom stereocenters. The highest BCUT2D eigenvalue weighted by molar-refractivity contribution is 5.77. The Morgan fingerprint density at radius 2 is 1.91 bits per heavy atom. The van der Waals surface area contributed by atoms with Crippen molar-refractivity contribution in [3.63, 3.8) is 0 Å². The molecule has 1 aromatic heterocycles. The van der Waals surface area contributed by atoms with Gasteiger partial charge in [0, 0.05) is 51.2 Å². The molecule has 2 amide bonds. The van der Waals surface area contributed by atoms with E-state index in [0.717, 1.165) is 32.7 Å². The molecule has 124 valence electrons. The number of pyridine rings is 1. The maximum Gasteiger partial charge on any atom is 0.320 e. The lowest BCUT2D eigenvalue weighted by atomic mass is 9.94. The fourth-order valence-corrected chi connectivity index (χ4v) is 4.39. The largest absolute Gasteiger partial charge is 0.320 e. The van der Waals surface area contributed by atoms with E-state index in [2.05, 4.69) is 25.8 Å². The molecule has 5 nitrogen and oxygen atoms in total. The number of piperazine rings is 1. The molecular formula is C18H26N4O. The highest BCUT2D eigenvalue weighted by Crippen LogP contribution is 2.29. The number of carbonyl (C=O) groups is 1. The maximum absolute atomic E-state index is 12.7. The molecule has 0 bridgehead atoms. The maximum atomic E-state index is 12.7. The van der Waals surface area contributed by atoms with Gasteiger partial charge in [-0.25, -0.2) is 4.79 Å². The summed E-state index contributed by atoms with van der Waals surface area (Å²) in [5.41, 5.74) is 1.26. The second-order valence-corrected chi connectivity index (χ2v) is 7.17. The first-order valence-electron chi connectivity index (χ1n) is 9.00. The van der Waals surface area contributed by atoms with Crippen molar-refractivity contribution in [1.82, 2.24) is 19.7 Å². The molecular weight excluding hydrogens is 288 g/mol. The van der Waals surface area contributed by atoms with Crippen LogP contribution in [-0.2, 0) is 6.54 Å². The summed E-state index contributed by atoms with van der Waals surface area (Å²) in [6, 6.07) is 5.29. The average Bonchev–Trinajstić information content (AvgIpc) is 2.93. The molecule has 2 aliphatic heterocycles. The Hall–Kier alpha value is -1.62. The molecule has 5 heteroatoms. The van der Waals surface area contributed by atoms with Gasteiger partial charge in [0.15, 0.2) is 0 Å². The Balaban J connectivity index is 1.39. The highest BCUT2D eigenvalue weighted by Gasteiger charge is 2.43. The summed E-state index contributed by atoms with van der Waals surface area (Å²) in [6.07, 6.45) is 10.1. The summed E-state index contributed by atoms with van der Waals surface area (Å²) in [5, 5.41) is 0. The first-order valence-corrected chi connectivity index (χ1v) is 9.00. The number of urea groups is 1. The van der Waals surface area contributed by atoms with Crippen molar-refractivity contribution in [1.29, 1.82) is 0 Å². The Labute approximate surface area is 138 Å². The number of hydrogen-bond donors (Lipinski definition) is 0. The number of fused-ring (bicyclic) bond motifs is 1. The van der Waals surface area contributed by atoms with Gasteiger partial charge >= 0.3 is 6.03 Å². The van der Waals surface area contributed by atoms with E-state index >= 15 is 0 Å². The lowest BCUT2D eigenvalue weighted by Crippen LogP contribution is -2.51. The van der Waals surface area contributed by atoms with Crippen molar-refractivity contribution in [3.05, 3.63) is 30.1 Å². The molecule has 3 fully saturated rings. The van der Waals surface area contributed by atoms with Crippen molar-refractivity contribution in [2.75, 3.05) is 26.2 Å². The third-order valence-electron chi connectivity index (χ3n) is 5.61. The van der Waals surface area contributed by atoms with E-state index in [-0.39, 0.29) is 0 Å². The summed E-state index contributed by atoms with van der Waals surface area (Å²) in [4.78, 5) is 23.7. The van der Waals surface area contributed by atoms with E-state index in [9.17, 15) is 4.79 Å². The SMILES string of the molecule is O=C1N(C2CCCCC2)C[C@H]2CN(Cc3cccnc3)CCN12. The molecule has 0 aromatic carbocycles. The van der Waals surface area contributed by atoms with Crippen LogP contribution in [0.4, 0.5) is 4.79 Å². The number of nitrogens with zero attached hydrogens (tertiary/aromatic N) is 4. The predicted molar refractivity (Wildman–Crippen MR) is 89.0 cm³/mol. The first-order chi connectivity index (χ1) is 11.3.